The average Bonchev–Trinajstić information content (AvgIpc) is 3.48. The number of rotatable bonds is 11. The smallest absolute Gasteiger partial charge is 0.264 e. The Labute approximate surface area is 238 Å². The first kappa shape index (κ1) is 29.3. The molecular weight excluding hydrogens is 522 g/mol. The number of nitrogens with one attached hydrogen (secondary N) is 1. The summed E-state index contributed by atoms with van der Waals surface area (Å²) in [6, 6.07) is 24.1. The summed E-state index contributed by atoms with van der Waals surface area (Å²) in [6.45, 7) is 5.59. The van der Waals surface area contributed by atoms with E-state index < -0.39 is 28.5 Å². The van der Waals surface area contributed by atoms with E-state index in [0.29, 0.717) is 5.69 Å². The predicted molar refractivity (Wildman–Crippen MR) is 158 cm³/mol. The summed E-state index contributed by atoms with van der Waals surface area (Å²) >= 11 is 0. The van der Waals surface area contributed by atoms with Crippen LogP contribution in [0.15, 0.2) is 89.8 Å². The Hall–Kier alpha value is -3.65. The average molecular weight is 562 g/mol. The molecular formula is C32H39N3O4S. The molecule has 1 fully saturated rings. The lowest BCUT2D eigenvalue weighted by atomic mass is 10.0. The van der Waals surface area contributed by atoms with E-state index >= 15 is 0 Å². The van der Waals surface area contributed by atoms with E-state index in [1.807, 2.05) is 42.5 Å². The topological polar surface area (TPSA) is 86.8 Å². The number of nitrogens with zero attached hydrogens (tertiary/aromatic N) is 2. The molecule has 1 aliphatic carbocycles. The third-order valence-corrected chi connectivity index (χ3v) is 9.31. The molecule has 0 heterocycles. The minimum Gasteiger partial charge on any atom is -0.352 e. The summed E-state index contributed by atoms with van der Waals surface area (Å²) in [7, 11) is -4.07. The van der Waals surface area contributed by atoms with Crippen molar-refractivity contribution in [3.05, 3.63) is 96.1 Å². The summed E-state index contributed by atoms with van der Waals surface area (Å²) in [6.07, 6.45) is 4.02. The maximum absolute atomic E-state index is 14.0. The van der Waals surface area contributed by atoms with Crippen LogP contribution in [0.2, 0.25) is 0 Å². The van der Waals surface area contributed by atoms with Gasteiger partial charge in [0.05, 0.1) is 10.6 Å². The van der Waals surface area contributed by atoms with Gasteiger partial charge in [0, 0.05) is 12.6 Å². The third kappa shape index (κ3) is 7.10. The monoisotopic (exact) mass is 561 g/mol. The molecule has 0 aromatic heterocycles. The molecule has 0 radical (unpaired) electrons. The van der Waals surface area contributed by atoms with Gasteiger partial charge in [0.1, 0.15) is 12.6 Å². The number of benzene rings is 3. The van der Waals surface area contributed by atoms with E-state index in [9.17, 15) is 18.0 Å². The van der Waals surface area contributed by atoms with Crippen LogP contribution in [0.1, 0.15) is 63.5 Å². The van der Waals surface area contributed by atoms with Crippen molar-refractivity contribution in [3.63, 3.8) is 0 Å². The Morgan fingerprint density at radius 3 is 2.00 bits per heavy atom. The van der Waals surface area contributed by atoms with Crippen molar-refractivity contribution in [2.45, 2.75) is 75.9 Å². The van der Waals surface area contributed by atoms with E-state index in [0.717, 1.165) is 41.1 Å². The van der Waals surface area contributed by atoms with Gasteiger partial charge in [-0.25, -0.2) is 8.42 Å². The second-order valence-corrected chi connectivity index (χ2v) is 12.6. The highest BCUT2D eigenvalue weighted by atomic mass is 32.2. The highest BCUT2D eigenvalue weighted by molar-refractivity contribution is 7.92. The van der Waals surface area contributed by atoms with Gasteiger partial charge in [0.25, 0.3) is 10.0 Å². The zero-order valence-corrected chi connectivity index (χ0v) is 24.3. The Morgan fingerprint density at radius 2 is 1.43 bits per heavy atom. The first-order valence-corrected chi connectivity index (χ1v) is 15.4. The highest BCUT2D eigenvalue weighted by Crippen LogP contribution is 2.27. The Morgan fingerprint density at radius 1 is 0.850 bits per heavy atom. The van der Waals surface area contributed by atoms with Gasteiger partial charge in [-0.3, -0.25) is 13.9 Å². The van der Waals surface area contributed by atoms with Gasteiger partial charge in [-0.05, 0) is 61.1 Å². The van der Waals surface area contributed by atoms with E-state index in [1.165, 1.54) is 17.0 Å². The van der Waals surface area contributed by atoms with Crippen molar-refractivity contribution in [3.8, 4) is 0 Å². The molecule has 1 N–H and O–H groups in total. The second-order valence-electron chi connectivity index (χ2n) is 10.7. The van der Waals surface area contributed by atoms with E-state index in [2.05, 4.69) is 19.2 Å². The van der Waals surface area contributed by atoms with Crippen molar-refractivity contribution >= 4 is 27.5 Å². The van der Waals surface area contributed by atoms with Crippen LogP contribution in [-0.2, 0) is 26.2 Å². The first-order valence-electron chi connectivity index (χ1n) is 14.0. The predicted octanol–water partition coefficient (Wildman–Crippen LogP) is 5.48. The Bertz CT molecular complexity index is 1370. The Kier molecular flexibility index (Phi) is 9.63. The molecule has 3 aromatic rings. The van der Waals surface area contributed by atoms with Gasteiger partial charge < -0.3 is 10.2 Å². The molecule has 1 atom stereocenters. The lowest BCUT2D eigenvalue weighted by Gasteiger charge is -2.32. The largest absolute Gasteiger partial charge is 0.352 e. The molecule has 0 aliphatic heterocycles. The fraction of sp³-hybridized carbons (Fsp3) is 0.375. The maximum atomic E-state index is 14.0. The molecule has 0 spiro atoms. The fourth-order valence-corrected chi connectivity index (χ4v) is 6.46. The number of carbonyl (C=O) groups is 2. The van der Waals surface area contributed by atoms with Crippen molar-refractivity contribution in [2.75, 3.05) is 10.8 Å². The van der Waals surface area contributed by atoms with Gasteiger partial charge in [-0.15, -0.1) is 0 Å². The van der Waals surface area contributed by atoms with E-state index in [1.54, 1.807) is 37.3 Å². The standard InChI is InChI=1S/C32H39N3O4S/c1-24(2)27-18-20-29(21-19-27)35(40(38,39)30-16-8-5-9-17-30)23-31(36)34(22-26-12-6-4-7-13-26)25(3)32(37)33-28-14-10-11-15-28/h4-9,12-13,16-21,24-25,28H,10-11,14-15,22-23H2,1-3H3,(H,33,37). The second kappa shape index (κ2) is 13.1. The van der Waals surface area contributed by atoms with Crippen LogP contribution in [-0.4, -0.2) is 43.8 Å². The van der Waals surface area contributed by atoms with Gasteiger partial charge >= 0.3 is 0 Å². The number of hydrogen-bond donors (Lipinski definition) is 1. The lowest BCUT2D eigenvalue weighted by Crippen LogP contribution is -2.52. The molecule has 3 aromatic carbocycles. The molecule has 40 heavy (non-hydrogen) atoms. The molecule has 1 aliphatic rings. The third-order valence-electron chi connectivity index (χ3n) is 7.52. The number of amides is 2. The van der Waals surface area contributed by atoms with Crippen molar-refractivity contribution in [2.24, 2.45) is 0 Å². The molecule has 4 rings (SSSR count). The van der Waals surface area contributed by atoms with E-state index in [4.69, 9.17) is 0 Å². The highest BCUT2D eigenvalue weighted by Gasteiger charge is 2.33. The van der Waals surface area contributed by atoms with Crippen molar-refractivity contribution in [1.29, 1.82) is 0 Å². The molecule has 8 heteroatoms. The van der Waals surface area contributed by atoms with Gasteiger partial charge in [-0.1, -0.05) is 87.4 Å². The summed E-state index contributed by atoms with van der Waals surface area (Å²) in [5.74, 6) is -0.407. The molecule has 7 nitrogen and oxygen atoms in total. The summed E-state index contributed by atoms with van der Waals surface area (Å²) < 4.78 is 28.9. The molecule has 0 bridgehead atoms. The Balaban J connectivity index is 1.67. The van der Waals surface area contributed by atoms with Crippen LogP contribution in [0.3, 0.4) is 0 Å². The number of sulfonamides is 1. The normalized spacial score (nSPS) is 14.6. The zero-order valence-electron chi connectivity index (χ0n) is 23.5. The number of anilines is 1. The van der Waals surface area contributed by atoms with E-state index in [-0.39, 0.29) is 29.3 Å². The molecule has 212 valence electrons. The van der Waals surface area contributed by atoms with Gasteiger partial charge in [-0.2, -0.15) is 0 Å². The van der Waals surface area contributed by atoms with Crippen LogP contribution in [0.25, 0.3) is 0 Å². The maximum Gasteiger partial charge on any atom is 0.264 e. The summed E-state index contributed by atoms with van der Waals surface area (Å²) in [4.78, 5) is 28.9. The minimum absolute atomic E-state index is 0.0948. The van der Waals surface area contributed by atoms with Crippen LogP contribution in [0, 0.1) is 0 Å². The minimum atomic E-state index is -4.07. The first-order chi connectivity index (χ1) is 19.2. The summed E-state index contributed by atoms with van der Waals surface area (Å²) in [5.41, 5.74) is 2.31. The number of hydrogen-bond acceptors (Lipinski definition) is 4. The van der Waals surface area contributed by atoms with Gasteiger partial charge in [0.15, 0.2) is 0 Å². The van der Waals surface area contributed by atoms with Crippen LogP contribution in [0.4, 0.5) is 5.69 Å². The SMILES string of the molecule is CC(C)c1ccc(N(CC(=O)N(Cc2ccccc2)C(C)C(=O)NC2CCCC2)S(=O)(=O)c2ccccc2)cc1. The van der Waals surface area contributed by atoms with Crippen LogP contribution < -0.4 is 9.62 Å². The molecule has 1 unspecified atom stereocenters. The zero-order chi connectivity index (χ0) is 28.7. The van der Waals surface area contributed by atoms with Crippen LogP contribution >= 0.6 is 0 Å². The van der Waals surface area contributed by atoms with Crippen molar-refractivity contribution in [1.82, 2.24) is 10.2 Å². The fourth-order valence-electron chi connectivity index (χ4n) is 5.03. The number of carbonyl (C=O) groups excluding carboxylic acids is 2. The van der Waals surface area contributed by atoms with Crippen LogP contribution in [0.5, 0.6) is 0 Å². The molecule has 0 saturated heterocycles. The van der Waals surface area contributed by atoms with Gasteiger partial charge in [0.2, 0.25) is 11.8 Å². The lowest BCUT2D eigenvalue weighted by molar-refractivity contribution is -0.139. The quantitative estimate of drug-likeness (QED) is 0.336. The van der Waals surface area contributed by atoms with Crippen molar-refractivity contribution < 1.29 is 18.0 Å². The molecule has 2 amide bonds. The molecule has 1 saturated carbocycles. The summed E-state index contributed by atoms with van der Waals surface area (Å²) in [5, 5.41) is 3.09.